The van der Waals surface area contributed by atoms with E-state index in [1.807, 2.05) is 30.3 Å². The summed E-state index contributed by atoms with van der Waals surface area (Å²) >= 11 is 0. The molecule has 3 aromatic rings. The van der Waals surface area contributed by atoms with Gasteiger partial charge in [0.1, 0.15) is 0 Å². The summed E-state index contributed by atoms with van der Waals surface area (Å²) in [4.78, 5) is 37.1. The molecule has 0 atom stereocenters. The lowest BCUT2D eigenvalue weighted by molar-refractivity contribution is 0.0844. The van der Waals surface area contributed by atoms with Gasteiger partial charge in [0.2, 0.25) is 0 Å². The standard InChI is InChI=1S/C22H21N3O5/c1-29-18-10-6-9-17(20(18)30-2)22(28)24-23-21(27)16-11-12-19(26)25(14-16)13-15-7-4-3-5-8-15/h3-12,14H,13H2,1-2H3,(H,23,27)(H,24,28). The molecule has 0 saturated heterocycles. The van der Waals surface area contributed by atoms with Crippen LogP contribution in [0.4, 0.5) is 0 Å². The Kier molecular flexibility index (Phi) is 6.49. The Morgan fingerprint density at radius 1 is 0.867 bits per heavy atom. The summed E-state index contributed by atoms with van der Waals surface area (Å²) in [6, 6.07) is 17.0. The number of ether oxygens (including phenoxy) is 2. The van der Waals surface area contributed by atoms with Crippen molar-refractivity contribution in [2.45, 2.75) is 6.54 Å². The second kappa shape index (κ2) is 9.42. The second-order valence-corrected chi connectivity index (χ2v) is 6.32. The molecule has 0 aliphatic heterocycles. The zero-order chi connectivity index (χ0) is 21.5. The predicted molar refractivity (Wildman–Crippen MR) is 111 cm³/mol. The Labute approximate surface area is 173 Å². The molecule has 0 unspecified atom stereocenters. The Morgan fingerprint density at radius 3 is 2.30 bits per heavy atom. The molecule has 154 valence electrons. The summed E-state index contributed by atoms with van der Waals surface area (Å²) in [5.74, 6) is -0.489. The number of carbonyl (C=O) groups excluding carboxylic acids is 2. The summed E-state index contributed by atoms with van der Waals surface area (Å²) in [7, 11) is 2.88. The molecule has 1 heterocycles. The van der Waals surface area contributed by atoms with Crippen LogP contribution in [0.3, 0.4) is 0 Å². The van der Waals surface area contributed by atoms with Crippen LogP contribution in [0, 0.1) is 0 Å². The highest BCUT2D eigenvalue weighted by Gasteiger charge is 2.17. The normalized spacial score (nSPS) is 10.2. The fourth-order valence-electron chi connectivity index (χ4n) is 2.89. The van der Waals surface area contributed by atoms with E-state index in [-0.39, 0.29) is 22.4 Å². The molecule has 2 aromatic carbocycles. The maximum absolute atomic E-state index is 12.5. The van der Waals surface area contributed by atoms with E-state index >= 15 is 0 Å². The largest absolute Gasteiger partial charge is 0.493 e. The lowest BCUT2D eigenvalue weighted by Gasteiger charge is -2.13. The van der Waals surface area contributed by atoms with E-state index in [1.165, 1.54) is 37.1 Å². The van der Waals surface area contributed by atoms with E-state index in [9.17, 15) is 14.4 Å². The Morgan fingerprint density at radius 2 is 1.60 bits per heavy atom. The van der Waals surface area contributed by atoms with Crippen molar-refractivity contribution in [1.82, 2.24) is 15.4 Å². The van der Waals surface area contributed by atoms with Crippen molar-refractivity contribution >= 4 is 11.8 Å². The number of hydrazine groups is 1. The van der Waals surface area contributed by atoms with Gasteiger partial charge in [-0.3, -0.25) is 25.2 Å². The van der Waals surface area contributed by atoms with Gasteiger partial charge in [-0.2, -0.15) is 0 Å². The monoisotopic (exact) mass is 407 g/mol. The van der Waals surface area contributed by atoms with Crippen LogP contribution in [0.5, 0.6) is 11.5 Å². The summed E-state index contributed by atoms with van der Waals surface area (Å²) in [6.07, 6.45) is 1.45. The highest BCUT2D eigenvalue weighted by molar-refractivity contribution is 6.00. The van der Waals surface area contributed by atoms with Crippen LogP contribution in [0.1, 0.15) is 26.3 Å². The van der Waals surface area contributed by atoms with E-state index in [4.69, 9.17) is 9.47 Å². The molecular formula is C22H21N3O5. The molecule has 8 nitrogen and oxygen atoms in total. The number of hydrogen-bond acceptors (Lipinski definition) is 5. The number of aromatic nitrogens is 1. The van der Waals surface area contributed by atoms with Gasteiger partial charge >= 0.3 is 0 Å². The quantitative estimate of drug-likeness (QED) is 0.609. The average molecular weight is 407 g/mol. The van der Waals surface area contributed by atoms with Crippen LogP contribution in [0.25, 0.3) is 0 Å². The maximum atomic E-state index is 12.5. The van der Waals surface area contributed by atoms with Crippen molar-refractivity contribution < 1.29 is 19.1 Å². The van der Waals surface area contributed by atoms with Crippen LogP contribution in [0.2, 0.25) is 0 Å². The molecule has 0 aliphatic carbocycles. The maximum Gasteiger partial charge on any atom is 0.273 e. The first-order valence-corrected chi connectivity index (χ1v) is 9.09. The zero-order valence-electron chi connectivity index (χ0n) is 16.5. The molecule has 0 radical (unpaired) electrons. The Bertz CT molecular complexity index is 1110. The molecule has 2 amide bonds. The van der Waals surface area contributed by atoms with Crippen LogP contribution < -0.4 is 25.9 Å². The first-order valence-electron chi connectivity index (χ1n) is 9.09. The summed E-state index contributed by atoms with van der Waals surface area (Å²) < 4.78 is 11.8. The molecule has 0 fully saturated rings. The van der Waals surface area contributed by atoms with Gasteiger partial charge in [-0.05, 0) is 23.8 Å². The number of rotatable bonds is 6. The van der Waals surface area contributed by atoms with Crippen molar-refractivity contribution in [2.75, 3.05) is 14.2 Å². The van der Waals surface area contributed by atoms with Gasteiger partial charge in [-0.1, -0.05) is 36.4 Å². The number of pyridine rings is 1. The van der Waals surface area contributed by atoms with Gasteiger partial charge in [0.15, 0.2) is 11.5 Å². The average Bonchev–Trinajstić information content (AvgIpc) is 2.78. The van der Waals surface area contributed by atoms with Crippen LogP contribution in [-0.2, 0) is 6.54 Å². The first kappa shape index (κ1) is 20.7. The third kappa shape index (κ3) is 4.67. The minimum atomic E-state index is -0.572. The summed E-state index contributed by atoms with van der Waals surface area (Å²) in [5.41, 5.74) is 5.81. The topological polar surface area (TPSA) is 98.7 Å². The van der Waals surface area contributed by atoms with Crippen molar-refractivity contribution in [2.24, 2.45) is 0 Å². The number of amides is 2. The fourth-order valence-corrected chi connectivity index (χ4v) is 2.89. The number of carbonyl (C=O) groups is 2. The molecule has 3 rings (SSSR count). The van der Waals surface area contributed by atoms with Crippen LogP contribution >= 0.6 is 0 Å². The van der Waals surface area contributed by atoms with Gasteiger partial charge < -0.3 is 14.0 Å². The minimum Gasteiger partial charge on any atom is -0.493 e. The van der Waals surface area contributed by atoms with Crippen LogP contribution in [0.15, 0.2) is 71.7 Å². The number of benzene rings is 2. The first-order chi connectivity index (χ1) is 14.5. The molecule has 30 heavy (non-hydrogen) atoms. The van der Waals surface area contributed by atoms with Gasteiger partial charge in [0.05, 0.1) is 31.9 Å². The molecule has 0 saturated carbocycles. The van der Waals surface area contributed by atoms with Crippen molar-refractivity contribution in [3.05, 3.63) is 93.9 Å². The van der Waals surface area contributed by atoms with E-state index in [0.717, 1.165) is 5.56 Å². The molecule has 8 heteroatoms. The highest BCUT2D eigenvalue weighted by atomic mass is 16.5. The van der Waals surface area contributed by atoms with Gasteiger partial charge in [-0.25, -0.2) is 0 Å². The van der Waals surface area contributed by atoms with Crippen LogP contribution in [-0.4, -0.2) is 30.6 Å². The van der Waals surface area contributed by atoms with E-state index < -0.39 is 11.8 Å². The van der Waals surface area contributed by atoms with Crippen molar-refractivity contribution in [3.8, 4) is 11.5 Å². The van der Waals surface area contributed by atoms with Gasteiger partial charge in [-0.15, -0.1) is 0 Å². The predicted octanol–water partition coefficient (Wildman–Crippen LogP) is 1.99. The minimum absolute atomic E-state index is 0.200. The Hall–Kier alpha value is -4.07. The molecular weight excluding hydrogens is 386 g/mol. The lowest BCUT2D eigenvalue weighted by Crippen LogP contribution is -2.42. The molecule has 2 N–H and O–H groups in total. The SMILES string of the molecule is COc1cccc(C(=O)NNC(=O)c2ccc(=O)n(Cc3ccccc3)c2)c1OC. The number of methoxy groups -OCH3 is 2. The number of nitrogens with one attached hydrogen (secondary N) is 2. The van der Waals surface area contributed by atoms with E-state index in [2.05, 4.69) is 10.9 Å². The Balaban J connectivity index is 1.72. The van der Waals surface area contributed by atoms with Crippen molar-refractivity contribution in [3.63, 3.8) is 0 Å². The summed E-state index contributed by atoms with van der Waals surface area (Å²) in [6.45, 7) is 0.328. The van der Waals surface area contributed by atoms with Gasteiger partial charge in [0, 0.05) is 12.3 Å². The zero-order valence-corrected chi connectivity index (χ0v) is 16.5. The third-order valence-corrected chi connectivity index (χ3v) is 4.38. The summed E-state index contributed by atoms with van der Waals surface area (Å²) in [5, 5.41) is 0. The fraction of sp³-hybridized carbons (Fsp3) is 0.136. The molecule has 0 bridgehead atoms. The van der Waals surface area contributed by atoms with E-state index in [0.29, 0.717) is 12.3 Å². The molecule has 0 spiro atoms. The lowest BCUT2D eigenvalue weighted by atomic mass is 10.1. The van der Waals surface area contributed by atoms with Gasteiger partial charge in [0.25, 0.3) is 17.4 Å². The number of para-hydroxylation sites is 1. The smallest absolute Gasteiger partial charge is 0.273 e. The highest BCUT2D eigenvalue weighted by Crippen LogP contribution is 2.30. The molecule has 0 aliphatic rings. The second-order valence-electron chi connectivity index (χ2n) is 6.32. The number of nitrogens with zero attached hydrogens (tertiary/aromatic N) is 1. The number of hydrogen-bond donors (Lipinski definition) is 2. The van der Waals surface area contributed by atoms with E-state index in [1.54, 1.807) is 18.2 Å². The van der Waals surface area contributed by atoms with Crippen molar-refractivity contribution in [1.29, 1.82) is 0 Å². The molecule has 1 aromatic heterocycles. The third-order valence-electron chi connectivity index (χ3n) is 4.38.